The number of carbonyl (C=O) groups is 2. The van der Waals surface area contributed by atoms with Crippen molar-refractivity contribution in [3.8, 4) is 0 Å². The molecule has 88 valence electrons. The van der Waals surface area contributed by atoms with Crippen LogP contribution in [0.4, 0.5) is 0 Å². The van der Waals surface area contributed by atoms with E-state index in [1.54, 1.807) is 4.90 Å². The second-order valence-electron chi connectivity index (χ2n) is 3.14. The minimum Gasteiger partial charge on any atom is -0.355 e. The first-order valence-electron chi connectivity index (χ1n) is 5.31. The van der Waals surface area contributed by atoms with Crippen molar-refractivity contribution in [3.63, 3.8) is 0 Å². The van der Waals surface area contributed by atoms with E-state index in [4.69, 9.17) is 0 Å². The highest BCUT2D eigenvalue weighted by Gasteiger charge is 2.11. The Morgan fingerprint density at radius 3 is 2.27 bits per heavy atom. The Morgan fingerprint density at radius 2 is 1.80 bits per heavy atom. The van der Waals surface area contributed by atoms with E-state index in [1.165, 1.54) is 0 Å². The molecule has 0 fully saturated rings. The van der Waals surface area contributed by atoms with Crippen LogP contribution in [0.3, 0.4) is 0 Å². The number of amides is 2. The normalized spacial score (nSPS) is 9.80. The summed E-state index contributed by atoms with van der Waals surface area (Å²) in [5.41, 5.74) is 0. The molecular weight excluding hydrogens is 212 g/mol. The van der Waals surface area contributed by atoms with Crippen LogP contribution in [0.25, 0.3) is 0 Å². The van der Waals surface area contributed by atoms with Crippen LogP contribution in [0.2, 0.25) is 0 Å². The van der Waals surface area contributed by atoms with Gasteiger partial charge in [-0.3, -0.25) is 9.59 Å². The van der Waals surface area contributed by atoms with Gasteiger partial charge in [0.15, 0.2) is 0 Å². The lowest BCUT2D eigenvalue weighted by Gasteiger charge is -2.18. The van der Waals surface area contributed by atoms with E-state index in [0.717, 1.165) is 0 Å². The predicted molar refractivity (Wildman–Crippen MR) is 64.0 cm³/mol. The molecule has 2 amide bonds. The van der Waals surface area contributed by atoms with Gasteiger partial charge in [0.1, 0.15) is 0 Å². The second-order valence-corrected chi connectivity index (χ2v) is 3.59. The van der Waals surface area contributed by atoms with E-state index in [-0.39, 0.29) is 18.2 Å². The van der Waals surface area contributed by atoms with E-state index >= 15 is 0 Å². The quantitative estimate of drug-likeness (QED) is 0.634. The van der Waals surface area contributed by atoms with Crippen LogP contribution in [-0.2, 0) is 9.59 Å². The summed E-state index contributed by atoms with van der Waals surface area (Å²) in [6.07, 6.45) is 0.559. The molecule has 5 heteroatoms. The van der Waals surface area contributed by atoms with Gasteiger partial charge in [-0.15, -0.1) is 0 Å². The van der Waals surface area contributed by atoms with Crippen molar-refractivity contribution in [1.29, 1.82) is 0 Å². The Bertz CT molecular complexity index is 206. The molecule has 4 nitrogen and oxygen atoms in total. The molecular formula is C10H20N2O2S. The van der Waals surface area contributed by atoms with Gasteiger partial charge in [0, 0.05) is 38.2 Å². The smallest absolute Gasteiger partial charge is 0.223 e. The van der Waals surface area contributed by atoms with Gasteiger partial charge >= 0.3 is 0 Å². The zero-order valence-corrected chi connectivity index (χ0v) is 10.3. The molecule has 0 bridgehead atoms. The van der Waals surface area contributed by atoms with Gasteiger partial charge in [-0.2, -0.15) is 12.6 Å². The van der Waals surface area contributed by atoms with Crippen LogP contribution in [0.15, 0.2) is 0 Å². The number of hydrogen-bond donors (Lipinski definition) is 2. The van der Waals surface area contributed by atoms with Crippen molar-refractivity contribution < 1.29 is 9.59 Å². The fourth-order valence-corrected chi connectivity index (χ4v) is 1.35. The highest BCUT2D eigenvalue weighted by Crippen LogP contribution is 1.97. The predicted octanol–water partition coefficient (Wildman–Crippen LogP) is 0.681. The molecule has 0 unspecified atom stereocenters. The first-order chi connectivity index (χ1) is 7.15. The lowest BCUT2D eigenvalue weighted by molar-refractivity contribution is -0.133. The summed E-state index contributed by atoms with van der Waals surface area (Å²) in [6, 6.07) is 0. The van der Waals surface area contributed by atoms with Crippen molar-refractivity contribution in [3.05, 3.63) is 0 Å². The van der Waals surface area contributed by atoms with Crippen molar-refractivity contribution >= 4 is 24.4 Å². The SMILES string of the molecule is CCN(CC)C(=O)CCC(=O)NCCS. The van der Waals surface area contributed by atoms with Gasteiger partial charge in [0.2, 0.25) is 11.8 Å². The Balaban J connectivity index is 3.74. The summed E-state index contributed by atoms with van der Waals surface area (Å²) in [5.74, 6) is 0.584. The van der Waals surface area contributed by atoms with E-state index in [0.29, 0.717) is 31.8 Å². The third-order valence-electron chi connectivity index (χ3n) is 2.12. The topological polar surface area (TPSA) is 49.4 Å². The van der Waals surface area contributed by atoms with E-state index in [1.807, 2.05) is 13.8 Å². The van der Waals surface area contributed by atoms with Crippen LogP contribution in [0, 0.1) is 0 Å². The van der Waals surface area contributed by atoms with Crippen LogP contribution in [-0.4, -0.2) is 42.1 Å². The van der Waals surface area contributed by atoms with Crippen molar-refractivity contribution in [2.75, 3.05) is 25.4 Å². The summed E-state index contributed by atoms with van der Waals surface area (Å²) in [7, 11) is 0. The summed E-state index contributed by atoms with van der Waals surface area (Å²) in [6.45, 7) is 5.83. The number of thiol groups is 1. The van der Waals surface area contributed by atoms with Crippen molar-refractivity contribution in [2.45, 2.75) is 26.7 Å². The fourth-order valence-electron chi connectivity index (χ4n) is 1.24. The second kappa shape index (κ2) is 8.59. The average Bonchev–Trinajstić information content (AvgIpc) is 2.25. The molecule has 0 rings (SSSR count). The van der Waals surface area contributed by atoms with E-state index in [9.17, 15) is 9.59 Å². The highest BCUT2D eigenvalue weighted by molar-refractivity contribution is 7.80. The summed E-state index contributed by atoms with van der Waals surface area (Å²) in [4.78, 5) is 24.4. The molecule has 0 heterocycles. The number of nitrogens with one attached hydrogen (secondary N) is 1. The van der Waals surface area contributed by atoms with Crippen LogP contribution in [0.5, 0.6) is 0 Å². The number of rotatable bonds is 7. The van der Waals surface area contributed by atoms with Crippen LogP contribution in [0.1, 0.15) is 26.7 Å². The standard InChI is InChI=1S/C10H20N2O2S/c1-3-12(4-2)10(14)6-5-9(13)11-7-8-15/h15H,3-8H2,1-2H3,(H,11,13). The molecule has 0 aromatic rings. The molecule has 0 aliphatic rings. The maximum absolute atomic E-state index is 11.5. The summed E-state index contributed by atoms with van der Waals surface area (Å²) < 4.78 is 0. The Labute approximate surface area is 96.8 Å². The monoisotopic (exact) mass is 232 g/mol. The Kier molecular flexibility index (Phi) is 8.18. The summed E-state index contributed by atoms with van der Waals surface area (Å²) in [5, 5.41) is 2.68. The largest absolute Gasteiger partial charge is 0.355 e. The van der Waals surface area contributed by atoms with Crippen molar-refractivity contribution in [1.82, 2.24) is 10.2 Å². The number of hydrogen-bond acceptors (Lipinski definition) is 3. The van der Waals surface area contributed by atoms with Gasteiger partial charge in [0.05, 0.1) is 0 Å². The van der Waals surface area contributed by atoms with Gasteiger partial charge in [-0.1, -0.05) is 0 Å². The van der Waals surface area contributed by atoms with E-state index < -0.39 is 0 Å². The van der Waals surface area contributed by atoms with Crippen molar-refractivity contribution in [2.24, 2.45) is 0 Å². The lowest BCUT2D eigenvalue weighted by atomic mass is 10.2. The molecule has 0 atom stereocenters. The molecule has 0 spiro atoms. The maximum atomic E-state index is 11.5. The first-order valence-corrected chi connectivity index (χ1v) is 5.94. The first kappa shape index (κ1) is 14.3. The number of nitrogens with zero attached hydrogens (tertiary/aromatic N) is 1. The minimum atomic E-state index is -0.0791. The van der Waals surface area contributed by atoms with E-state index in [2.05, 4.69) is 17.9 Å². The molecule has 0 saturated heterocycles. The summed E-state index contributed by atoms with van der Waals surface area (Å²) >= 11 is 3.98. The minimum absolute atomic E-state index is 0.0426. The zero-order chi connectivity index (χ0) is 11.7. The number of carbonyl (C=O) groups excluding carboxylic acids is 2. The third kappa shape index (κ3) is 6.38. The molecule has 15 heavy (non-hydrogen) atoms. The van der Waals surface area contributed by atoms with Gasteiger partial charge in [-0.05, 0) is 13.8 Å². The zero-order valence-electron chi connectivity index (χ0n) is 9.45. The Morgan fingerprint density at radius 1 is 1.20 bits per heavy atom. The average molecular weight is 232 g/mol. The third-order valence-corrected chi connectivity index (χ3v) is 2.34. The molecule has 0 aromatic carbocycles. The van der Waals surface area contributed by atoms with Gasteiger partial charge in [0.25, 0.3) is 0 Å². The van der Waals surface area contributed by atoms with Gasteiger partial charge in [-0.25, -0.2) is 0 Å². The molecule has 0 aliphatic heterocycles. The molecule has 1 N–H and O–H groups in total. The highest BCUT2D eigenvalue weighted by atomic mass is 32.1. The Hall–Kier alpha value is -0.710. The molecule has 0 aromatic heterocycles. The van der Waals surface area contributed by atoms with Crippen LogP contribution >= 0.6 is 12.6 Å². The van der Waals surface area contributed by atoms with Crippen LogP contribution < -0.4 is 5.32 Å². The molecule has 0 saturated carbocycles. The molecule has 0 aliphatic carbocycles. The molecule has 0 radical (unpaired) electrons. The fraction of sp³-hybridized carbons (Fsp3) is 0.800. The lowest BCUT2D eigenvalue weighted by Crippen LogP contribution is -2.32. The maximum Gasteiger partial charge on any atom is 0.223 e. The van der Waals surface area contributed by atoms with Gasteiger partial charge < -0.3 is 10.2 Å².